The van der Waals surface area contributed by atoms with Crippen LogP contribution in [0.3, 0.4) is 0 Å². The summed E-state index contributed by atoms with van der Waals surface area (Å²) in [7, 11) is 0. The van der Waals surface area contributed by atoms with E-state index < -0.39 is 0 Å². The molecule has 0 N–H and O–H groups in total. The summed E-state index contributed by atoms with van der Waals surface area (Å²) in [5, 5.41) is 0. The van der Waals surface area contributed by atoms with Gasteiger partial charge >= 0.3 is 0 Å². The van der Waals surface area contributed by atoms with Crippen LogP contribution in [0.5, 0.6) is 0 Å². The van der Waals surface area contributed by atoms with Gasteiger partial charge in [-0.3, -0.25) is 0 Å². The van der Waals surface area contributed by atoms with Crippen LogP contribution >= 0.6 is 0 Å². The summed E-state index contributed by atoms with van der Waals surface area (Å²) >= 11 is 0. The molecule has 0 saturated carbocycles. The van der Waals surface area contributed by atoms with Gasteiger partial charge in [-0.05, 0) is 24.0 Å². The van der Waals surface area contributed by atoms with E-state index in [-0.39, 0.29) is 6.10 Å². The third-order valence-corrected chi connectivity index (χ3v) is 3.38. The highest BCUT2D eigenvalue weighted by Crippen LogP contribution is 2.26. The standard InChI is InChI=1S/C17H22O/c1-2-3-4-5-6-7-12-17-16-11-9-8-10-15(16)13-14-18-17/h8-11,17H,2-6,13-14H2,1H3. The van der Waals surface area contributed by atoms with Gasteiger partial charge in [0.05, 0.1) is 6.61 Å². The van der Waals surface area contributed by atoms with Gasteiger partial charge < -0.3 is 4.74 Å². The number of hydrogen-bond donors (Lipinski definition) is 0. The molecule has 18 heavy (non-hydrogen) atoms. The average molecular weight is 242 g/mol. The molecule has 0 spiro atoms. The predicted octanol–water partition coefficient (Wildman–Crippen LogP) is 4.27. The van der Waals surface area contributed by atoms with Gasteiger partial charge in [0.1, 0.15) is 6.10 Å². The highest BCUT2D eigenvalue weighted by atomic mass is 16.5. The van der Waals surface area contributed by atoms with Crippen LogP contribution in [0.15, 0.2) is 24.3 Å². The summed E-state index contributed by atoms with van der Waals surface area (Å²) in [5.41, 5.74) is 2.67. The largest absolute Gasteiger partial charge is 0.360 e. The molecular weight excluding hydrogens is 220 g/mol. The molecule has 1 aromatic carbocycles. The molecule has 0 saturated heterocycles. The van der Waals surface area contributed by atoms with Gasteiger partial charge in [-0.15, -0.1) is 5.92 Å². The Balaban J connectivity index is 1.89. The Morgan fingerprint density at radius 3 is 3.00 bits per heavy atom. The topological polar surface area (TPSA) is 9.23 Å². The van der Waals surface area contributed by atoms with E-state index in [1.165, 1.54) is 36.8 Å². The fourth-order valence-corrected chi connectivity index (χ4v) is 2.32. The van der Waals surface area contributed by atoms with E-state index in [0.717, 1.165) is 19.4 Å². The van der Waals surface area contributed by atoms with Crippen LogP contribution in [0.2, 0.25) is 0 Å². The van der Waals surface area contributed by atoms with Gasteiger partial charge in [-0.25, -0.2) is 0 Å². The third-order valence-electron chi connectivity index (χ3n) is 3.38. The van der Waals surface area contributed by atoms with Crippen LogP contribution in [0, 0.1) is 11.8 Å². The first-order valence-electron chi connectivity index (χ1n) is 7.09. The second-order valence-corrected chi connectivity index (χ2v) is 4.83. The molecule has 1 aliphatic heterocycles. The minimum Gasteiger partial charge on any atom is -0.360 e. The first-order valence-corrected chi connectivity index (χ1v) is 7.09. The summed E-state index contributed by atoms with van der Waals surface area (Å²) in [6, 6.07) is 8.50. The average Bonchev–Trinajstić information content (AvgIpc) is 2.43. The summed E-state index contributed by atoms with van der Waals surface area (Å²) in [5.74, 6) is 6.56. The highest BCUT2D eigenvalue weighted by Gasteiger charge is 2.17. The fourth-order valence-electron chi connectivity index (χ4n) is 2.32. The van der Waals surface area contributed by atoms with E-state index in [1.807, 2.05) is 0 Å². The molecule has 0 fully saturated rings. The number of hydrogen-bond acceptors (Lipinski definition) is 1. The summed E-state index contributed by atoms with van der Waals surface area (Å²) in [6.07, 6.45) is 7.15. The number of unbranched alkanes of at least 4 members (excludes halogenated alkanes) is 4. The van der Waals surface area contributed by atoms with Crippen molar-refractivity contribution in [1.82, 2.24) is 0 Å². The molecule has 1 nitrogen and oxygen atoms in total. The predicted molar refractivity (Wildman–Crippen MR) is 75.4 cm³/mol. The number of ether oxygens (including phenoxy) is 1. The van der Waals surface area contributed by atoms with Crippen LogP contribution in [-0.2, 0) is 11.2 Å². The van der Waals surface area contributed by atoms with Crippen LogP contribution in [0.4, 0.5) is 0 Å². The third kappa shape index (κ3) is 3.62. The second-order valence-electron chi connectivity index (χ2n) is 4.83. The van der Waals surface area contributed by atoms with Crippen LogP contribution < -0.4 is 0 Å². The lowest BCUT2D eigenvalue weighted by molar-refractivity contribution is 0.0813. The van der Waals surface area contributed by atoms with Crippen molar-refractivity contribution in [2.24, 2.45) is 0 Å². The quantitative estimate of drug-likeness (QED) is 0.566. The molecule has 2 rings (SSSR count). The van der Waals surface area contributed by atoms with Crippen molar-refractivity contribution in [1.29, 1.82) is 0 Å². The van der Waals surface area contributed by atoms with Crippen molar-refractivity contribution in [2.45, 2.75) is 51.6 Å². The molecule has 1 heterocycles. The SMILES string of the molecule is CCCCCCC#CC1OCCc2ccccc21. The van der Waals surface area contributed by atoms with E-state index in [9.17, 15) is 0 Å². The Kier molecular flexibility index (Phi) is 5.30. The van der Waals surface area contributed by atoms with Crippen molar-refractivity contribution in [3.8, 4) is 11.8 Å². The lowest BCUT2D eigenvalue weighted by atomic mass is 9.98. The minimum atomic E-state index is 0.00104. The van der Waals surface area contributed by atoms with Gasteiger partial charge in [0, 0.05) is 6.42 Å². The highest BCUT2D eigenvalue weighted by molar-refractivity contribution is 5.35. The maximum atomic E-state index is 5.76. The van der Waals surface area contributed by atoms with E-state index in [2.05, 4.69) is 43.0 Å². The Labute approximate surface area is 111 Å². The van der Waals surface area contributed by atoms with Crippen molar-refractivity contribution >= 4 is 0 Å². The smallest absolute Gasteiger partial charge is 0.143 e. The Morgan fingerprint density at radius 1 is 1.22 bits per heavy atom. The molecule has 1 heteroatoms. The van der Waals surface area contributed by atoms with Crippen molar-refractivity contribution in [3.05, 3.63) is 35.4 Å². The van der Waals surface area contributed by atoms with Gasteiger partial charge in [-0.1, -0.05) is 56.4 Å². The van der Waals surface area contributed by atoms with Crippen molar-refractivity contribution in [2.75, 3.05) is 6.61 Å². The van der Waals surface area contributed by atoms with E-state index in [1.54, 1.807) is 0 Å². The number of rotatable bonds is 4. The lowest BCUT2D eigenvalue weighted by Crippen LogP contribution is -2.14. The zero-order chi connectivity index (χ0) is 12.6. The van der Waals surface area contributed by atoms with Crippen molar-refractivity contribution in [3.63, 3.8) is 0 Å². The van der Waals surface area contributed by atoms with Crippen molar-refractivity contribution < 1.29 is 4.74 Å². The normalized spacial score (nSPS) is 17.7. The van der Waals surface area contributed by atoms with Crippen LogP contribution in [0.25, 0.3) is 0 Å². The molecule has 1 aromatic rings. The number of benzene rings is 1. The summed E-state index contributed by atoms with van der Waals surface area (Å²) in [6.45, 7) is 3.03. The molecule has 1 aliphatic rings. The maximum Gasteiger partial charge on any atom is 0.143 e. The van der Waals surface area contributed by atoms with Gasteiger partial charge in [-0.2, -0.15) is 0 Å². The molecular formula is C17H22O. The maximum absolute atomic E-state index is 5.76. The van der Waals surface area contributed by atoms with Gasteiger partial charge in [0.25, 0.3) is 0 Å². The molecule has 0 aliphatic carbocycles. The zero-order valence-electron chi connectivity index (χ0n) is 11.2. The molecule has 0 aromatic heterocycles. The molecule has 0 radical (unpaired) electrons. The summed E-state index contributed by atoms with van der Waals surface area (Å²) in [4.78, 5) is 0. The van der Waals surface area contributed by atoms with Crippen LogP contribution in [-0.4, -0.2) is 6.61 Å². The fraction of sp³-hybridized carbons (Fsp3) is 0.529. The first kappa shape index (κ1) is 13.2. The van der Waals surface area contributed by atoms with Gasteiger partial charge in [0.2, 0.25) is 0 Å². The molecule has 0 bridgehead atoms. The van der Waals surface area contributed by atoms with Gasteiger partial charge in [0.15, 0.2) is 0 Å². The molecule has 1 unspecified atom stereocenters. The number of fused-ring (bicyclic) bond motifs is 1. The van der Waals surface area contributed by atoms with Crippen LogP contribution in [0.1, 0.15) is 56.3 Å². The molecule has 1 atom stereocenters. The summed E-state index contributed by atoms with van der Waals surface area (Å²) < 4.78 is 5.76. The van der Waals surface area contributed by atoms with E-state index >= 15 is 0 Å². The monoisotopic (exact) mass is 242 g/mol. The van der Waals surface area contributed by atoms with E-state index in [0.29, 0.717) is 0 Å². The minimum absolute atomic E-state index is 0.00104. The molecule has 0 amide bonds. The lowest BCUT2D eigenvalue weighted by Gasteiger charge is -2.21. The van der Waals surface area contributed by atoms with E-state index in [4.69, 9.17) is 4.74 Å². The first-order chi connectivity index (χ1) is 8.92. The Morgan fingerprint density at radius 2 is 2.11 bits per heavy atom. The second kappa shape index (κ2) is 7.24. The molecule has 96 valence electrons. The Hall–Kier alpha value is -1.26. The zero-order valence-corrected chi connectivity index (χ0v) is 11.2. The Bertz CT molecular complexity index is 425.